The van der Waals surface area contributed by atoms with Crippen molar-refractivity contribution < 1.29 is 9.53 Å². The Morgan fingerprint density at radius 2 is 2.36 bits per heavy atom. The summed E-state index contributed by atoms with van der Waals surface area (Å²) in [5.74, 6) is 0.927. The highest BCUT2D eigenvalue weighted by Crippen LogP contribution is 2.22. The SMILES string of the molecule is COCc1nc(CSC)sc1C(C)=O. The van der Waals surface area contributed by atoms with Gasteiger partial charge in [0, 0.05) is 19.8 Å². The van der Waals surface area contributed by atoms with E-state index in [0.717, 1.165) is 21.3 Å². The van der Waals surface area contributed by atoms with Crippen LogP contribution >= 0.6 is 23.1 Å². The summed E-state index contributed by atoms with van der Waals surface area (Å²) in [6.45, 7) is 1.98. The molecule has 0 saturated heterocycles. The molecular weight excluding hydrogens is 218 g/mol. The molecule has 0 radical (unpaired) electrons. The number of ether oxygens (including phenoxy) is 1. The molecule has 0 aliphatic rings. The van der Waals surface area contributed by atoms with Crippen molar-refractivity contribution in [2.45, 2.75) is 19.3 Å². The molecule has 0 unspecified atom stereocenters. The number of thioether (sulfide) groups is 1. The molecule has 0 aliphatic heterocycles. The molecule has 78 valence electrons. The zero-order chi connectivity index (χ0) is 10.6. The fourth-order valence-corrected chi connectivity index (χ4v) is 2.75. The number of carbonyl (C=O) groups excluding carboxylic acids is 1. The smallest absolute Gasteiger partial charge is 0.171 e. The predicted octanol–water partition coefficient (Wildman–Crippen LogP) is 2.36. The Balaban J connectivity index is 2.93. The van der Waals surface area contributed by atoms with E-state index in [1.807, 2.05) is 6.26 Å². The molecule has 0 N–H and O–H groups in total. The van der Waals surface area contributed by atoms with Gasteiger partial charge in [0.05, 0.1) is 17.2 Å². The minimum atomic E-state index is 0.0712. The van der Waals surface area contributed by atoms with Crippen LogP contribution in [0.25, 0.3) is 0 Å². The van der Waals surface area contributed by atoms with Crippen LogP contribution in [0, 0.1) is 0 Å². The van der Waals surface area contributed by atoms with Crippen LogP contribution in [0.3, 0.4) is 0 Å². The van der Waals surface area contributed by atoms with E-state index in [1.165, 1.54) is 11.3 Å². The summed E-state index contributed by atoms with van der Waals surface area (Å²) in [7, 11) is 1.61. The highest BCUT2D eigenvalue weighted by atomic mass is 32.2. The van der Waals surface area contributed by atoms with Gasteiger partial charge in [-0.25, -0.2) is 4.98 Å². The van der Waals surface area contributed by atoms with Gasteiger partial charge in [-0.05, 0) is 6.26 Å². The molecule has 1 aromatic rings. The zero-order valence-electron chi connectivity index (χ0n) is 8.49. The Bertz CT molecular complexity index is 323. The largest absolute Gasteiger partial charge is 0.378 e. The number of carbonyl (C=O) groups is 1. The molecule has 5 heteroatoms. The fraction of sp³-hybridized carbons (Fsp3) is 0.556. The summed E-state index contributed by atoms with van der Waals surface area (Å²) in [5, 5.41) is 0.995. The number of Topliss-reactive ketones (excluding diaryl/α,β-unsaturated/α-hetero) is 1. The molecular formula is C9H13NO2S2. The van der Waals surface area contributed by atoms with Crippen LogP contribution in [0.15, 0.2) is 0 Å². The van der Waals surface area contributed by atoms with Crippen molar-refractivity contribution in [3.63, 3.8) is 0 Å². The average molecular weight is 231 g/mol. The first-order chi connectivity index (χ1) is 6.69. The average Bonchev–Trinajstić information content (AvgIpc) is 2.49. The van der Waals surface area contributed by atoms with Crippen molar-refractivity contribution in [3.8, 4) is 0 Å². The molecule has 0 bridgehead atoms. The van der Waals surface area contributed by atoms with E-state index in [-0.39, 0.29) is 5.78 Å². The first kappa shape index (κ1) is 11.7. The predicted molar refractivity (Wildman–Crippen MR) is 60.1 cm³/mol. The van der Waals surface area contributed by atoms with E-state index >= 15 is 0 Å². The summed E-state index contributed by atoms with van der Waals surface area (Å²) in [6, 6.07) is 0. The van der Waals surface area contributed by atoms with E-state index in [2.05, 4.69) is 4.98 Å². The normalized spacial score (nSPS) is 10.5. The van der Waals surface area contributed by atoms with Crippen molar-refractivity contribution in [2.75, 3.05) is 13.4 Å². The minimum absolute atomic E-state index is 0.0712. The summed E-state index contributed by atoms with van der Waals surface area (Å²) < 4.78 is 5.00. The number of hydrogen-bond acceptors (Lipinski definition) is 5. The monoisotopic (exact) mass is 231 g/mol. The number of hydrogen-bond donors (Lipinski definition) is 0. The standard InChI is InChI=1S/C9H13NO2S2/c1-6(11)9-7(4-12-2)10-8(14-9)5-13-3/h4-5H2,1-3H3. The van der Waals surface area contributed by atoms with Gasteiger partial charge >= 0.3 is 0 Å². The third-order valence-electron chi connectivity index (χ3n) is 1.61. The van der Waals surface area contributed by atoms with Crippen molar-refractivity contribution in [1.82, 2.24) is 4.98 Å². The van der Waals surface area contributed by atoms with Crippen molar-refractivity contribution in [1.29, 1.82) is 0 Å². The molecule has 1 heterocycles. The number of aromatic nitrogens is 1. The van der Waals surface area contributed by atoms with Crippen LogP contribution < -0.4 is 0 Å². The molecule has 0 amide bonds. The van der Waals surface area contributed by atoms with Gasteiger partial charge in [0.25, 0.3) is 0 Å². The maximum Gasteiger partial charge on any atom is 0.171 e. The second-order valence-electron chi connectivity index (χ2n) is 2.81. The maximum atomic E-state index is 11.3. The summed E-state index contributed by atoms with van der Waals surface area (Å²) >= 11 is 3.17. The van der Waals surface area contributed by atoms with Crippen LogP contribution in [0.1, 0.15) is 27.3 Å². The molecule has 0 spiro atoms. The lowest BCUT2D eigenvalue weighted by Crippen LogP contribution is -1.97. The van der Waals surface area contributed by atoms with Crippen LogP contribution in [-0.4, -0.2) is 24.1 Å². The van der Waals surface area contributed by atoms with Crippen molar-refractivity contribution in [3.05, 3.63) is 15.6 Å². The summed E-state index contributed by atoms with van der Waals surface area (Å²) in [5.41, 5.74) is 0.772. The lowest BCUT2D eigenvalue weighted by atomic mass is 10.3. The quantitative estimate of drug-likeness (QED) is 0.729. The highest BCUT2D eigenvalue weighted by molar-refractivity contribution is 7.97. The third kappa shape index (κ3) is 2.80. The maximum absolute atomic E-state index is 11.3. The van der Waals surface area contributed by atoms with Gasteiger partial charge in [0.1, 0.15) is 5.01 Å². The number of methoxy groups -OCH3 is 1. The van der Waals surface area contributed by atoms with Gasteiger partial charge in [-0.3, -0.25) is 4.79 Å². The van der Waals surface area contributed by atoms with Crippen LogP contribution in [0.5, 0.6) is 0 Å². The van der Waals surface area contributed by atoms with Gasteiger partial charge in [0.15, 0.2) is 5.78 Å². The Kier molecular flexibility index (Phi) is 4.57. The molecule has 1 rings (SSSR count). The Labute approximate surface area is 91.9 Å². The van der Waals surface area contributed by atoms with Gasteiger partial charge in [-0.1, -0.05) is 0 Å². The third-order valence-corrected chi connectivity index (χ3v) is 3.55. The molecule has 0 saturated carbocycles. The first-order valence-electron chi connectivity index (χ1n) is 4.16. The number of thiazole rings is 1. The molecule has 3 nitrogen and oxygen atoms in total. The number of nitrogens with zero attached hydrogens (tertiary/aromatic N) is 1. The first-order valence-corrected chi connectivity index (χ1v) is 6.37. The van der Waals surface area contributed by atoms with Gasteiger partial charge in [0.2, 0.25) is 0 Å². The fourth-order valence-electron chi connectivity index (χ4n) is 1.10. The Hall–Kier alpha value is -0.390. The van der Waals surface area contributed by atoms with Crippen LogP contribution in [0.2, 0.25) is 0 Å². The van der Waals surface area contributed by atoms with Crippen LogP contribution in [-0.2, 0) is 17.1 Å². The minimum Gasteiger partial charge on any atom is -0.378 e. The van der Waals surface area contributed by atoms with Crippen LogP contribution in [0.4, 0.5) is 0 Å². The zero-order valence-corrected chi connectivity index (χ0v) is 10.1. The molecule has 1 aromatic heterocycles. The van der Waals surface area contributed by atoms with E-state index in [4.69, 9.17) is 4.74 Å². The molecule has 0 aromatic carbocycles. The topological polar surface area (TPSA) is 39.2 Å². The van der Waals surface area contributed by atoms with E-state index < -0.39 is 0 Å². The van der Waals surface area contributed by atoms with Crippen molar-refractivity contribution >= 4 is 28.9 Å². The summed E-state index contributed by atoms with van der Waals surface area (Å²) in [4.78, 5) is 16.4. The number of ketones is 1. The van der Waals surface area contributed by atoms with E-state index in [0.29, 0.717) is 6.61 Å². The van der Waals surface area contributed by atoms with E-state index in [1.54, 1.807) is 25.8 Å². The summed E-state index contributed by atoms with van der Waals surface area (Å²) in [6.07, 6.45) is 2.02. The van der Waals surface area contributed by atoms with Gasteiger partial charge in [-0.15, -0.1) is 11.3 Å². The molecule has 0 fully saturated rings. The lowest BCUT2D eigenvalue weighted by Gasteiger charge is -1.95. The van der Waals surface area contributed by atoms with E-state index in [9.17, 15) is 4.79 Å². The second-order valence-corrected chi connectivity index (χ2v) is 4.76. The van der Waals surface area contributed by atoms with Crippen molar-refractivity contribution in [2.24, 2.45) is 0 Å². The Morgan fingerprint density at radius 3 is 2.86 bits per heavy atom. The molecule has 0 atom stereocenters. The lowest BCUT2D eigenvalue weighted by molar-refractivity contribution is 0.101. The van der Waals surface area contributed by atoms with Gasteiger partial charge < -0.3 is 4.74 Å². The molecule has 14 heavy (non-hydrogen) atoms. The second kappa shape index (κ2) is 5.48. The molecule has 0 aliphatic carbocycles. The highest BCUT2D eigenvalue weighted by Gasteiger charge is 2.13. The van der Waals surface area contributed by atoms with Gasteiger partial charge in [-0.2, -0.15) is 11.8 Å². The Morgan fingerprint density at radius 1 is 1.64 bits per heavy atom. The number of rotatable bonds is 5.